The summed E-state index contributed by atoms with van der Waals surface area (Å²) in [6.45, 7) is 5.07. The van der Waals surface area contributed by atoms with E-state index in [2.05, 4.69) is 16.0 Å². The van der Waals surface area contributed by atoms with E-state index >= 15 is 0 Å². The van der Waals surface area contributed by atoms with E-state index in [1.165, 1.54) is 6.92 Å². The first-order chi connectivity index (χ1) is 15.3. The van der Waals surface area contributed by atoms with Gasteiger partial charge in [-0.25, -0.2) is 4.79 Å². The molecule has 0 aliphatic carbocycles. The van der Waals surface area contributed by atoms with E-state index in [0.717, 1.165) is 0 Å². The molecule has 0 aromatic carbocycles. The van der Waals surface area contributed by atoms with Crippen molar-refractivity contribution in [3.8, 4) is 0 Å². The van der Waals surface area contributed by atoms with Gasteiger partial charge in [-0.2, -0.15) is 0 Å². The Kier molecular flexibility index (Phi) is 13.9. The summed E-state index contributed by atoms with van der Waals surface area (Å²) in [5, 5.41) is 26.5. The minimum Gasteiger partial charge on any atom is -0.480 e. The predicted octanol–water partition coefficient (Wildman–Crippen LogP) is -2.72. The lowest BCUT2D eigenvalue weighted by atomic mass is 9.98. The van der Waals surface area contributed by atoms with Gasteiger partial charge in [-0.1, -0.05) is 20.3 Å². The molecule has 190 valence electrons. The van der Waals surface area contributed by atoms with Crippen LogP contribution in [0.1, 0.15) is 52.9 Å². The lowest BCUT2D eigenvalue weighted by molar-refractivity contribution is -0.144. The third kappa shape index (κ3) is 11.1. The number of amides is 4. The molecule has 0 radical (unpaired) electrons. The van der Waals surface area contributed by atoms with E-state index in [-0.39, 0.29) is 12.3 Å². The van der Waals surface area contributed by atoms with Crippen LogP contribution in [-0.4, -0.2) is 76.6 Å². The summed E-state index contributed by atoms with van der Waals surface area (Å²) in [6.07, 6.45) is -0.144. The van der Waals surface area contributed by atoms with Crippen molar-refractivity contribution >= 4 is 29.6 Å². The summed E-state index contributed by atoms with van der Waals surface area (Å²) in [5.41, 5.74) is 16.1. The molecule has 4 amide bonds. The zero-order chi connectivity index (χ0) is 25.7. The van der Waals surface area contributed by atoms with Gasteiger partial charge in [-0.05, 0) is 38.6 Å². The quantitative estimate of drug-likeness (QED) is 0.108. The molecule has 0 aromatic heterocycles. The van der Waals surface area contributed by atoms with Crippen LogP contribution in [0, 0.1) is 5.92 Å². The SMILES string of the molecule is CCC(C)C(NC(=O)C(CCCCN)NC(=O)C(NC(=O)C(N)CC(N)=O)C(C)O)C(=O)O. The largest absolute Gasteiger partial charge is 0.480 e. The van der Waals surface area contributed by atoms with E-state index in [4.69, 9.17) is 17.2 Å². The Balaban J connectivity index is 5.49. The maximum Gasteiger partial charge on any atom is 0.326 e. The number of aliphatic hydroxyl groups is 1. The van der Waals surface area contributed by atoms with Gasteiger partial charge in [-0.3, -0.25) is 19.2 Å². The minimum absolute atomic E-state index is 0.156. The van der Waals surface area contributed by atoms with E-state index in [1.807, 2.05) is 0 Å². The second-order valence-corrected chi connectivity index (χ2v) is 8.06. The molecule has 13 heteroatoms. The molecule has 0 aliphatic rings. The summed E-state index contributed by atoms with van der Waals surface area (Å²) in [4.78, 5) is 60.3. The second-order valence-electron chi connectivity index (χ2n) is 8.06. The van der Waals surface area contributed by atoms with Crippen LogP contribution in [0.5, 0.6) is 0 Å². The zero-order valence-corrected chi connectivity index (χ0v) is 19.4. The van der Waals surface area contributed by atoms with E-state index in [0.29, 0.717) is 25.8 Å². The fourth-order valence-corrected chi connectivity index (χ4v) is 2.94. The Labute approximate surface area is 193 Å². The van der Waals surface area contributed by atoms with Gasteiger partial charge in [0.2, 0.25) is 23.6 Å². The van der Waals surface area contributed by atoms with Crippen LogP contribution in [0.15, 0.2) is 0 Å². The average Bonchev–Trinajstić information content (AvgIpc) is 2.73. The van der Waals surface area contributed by atoms with Crippen molar-refractivity contribution in [3.63, 3.8) is 0 Å². The first-order valence-electron chi connectivity index (χ1n) is 10.9. The van der Waals surface area contributed by atoms with Gasteiger partial charge in [0.05, 0.1) is 18.6 Å². The van der Waals surface area contributed by atoms with Crippen LogP contribution in [0.3, 0.4) is 0 Å². The molecule has 11 N–H and O–H groups in total. The molecule has 6 unspecified atom stereocenters. The van der Waals surface area contributed by atoms with Crippen molar-refractivity contribution in [2.45, 2.75) is 83.1 Å². The van der Waals surface area contributed by atoms with Crippen LogP contribution in [-0.2, 0) is 24.0 Å². The number of aliphatic hydroxyl groups excluding tert-OH is 1. The highest BCUT2D eigenvalue weighted by Gasteiger charge is 2.33. The molecule has 0 saturated carbocycles. The summed E-state index contributed by atoms with van der Waals surface area (Å²) < 4.78 is 0. The van der Waals surface area contributed by atoms with E-state index in [9.17, 15) is 34.2 Å². The number of hydrogen-bond donors (Lipinski definition) is 8. The Morgan fingerprint density at radius 3 is 1.94 bits per heavy atom. The number of rotatable bonds is 16. The Bertz CT molecular complexity index is 688. The zero-order valence-electron chi connectivity index (χ0n) is 19.4. The van der Waals surface area contributed by atoms with E-state index < -0.39 is 66.3 Å². The molecule has 13 nitrogen and oxygen atoms in total. The maximum atomic E-state index is 12.8. The Morgan fingerprint density at radius 1 is 0.909 bits per heavy atom. The third-order valence-corrected chi connectivity index (χ3v) is 5.18. The standard InChI is InChI=1S/C20H38N6O7/c1-4-10(2)15(20(32)33)25-18(30)13(7-5-6-8-21)24-19(31)16(11(3)27)26-17(29)12(22)9-14(23)28/h10-13,15-16,27H,4-9,21-22H2,1-3H3,(H2,23,28)(H,24,31)(H,25,30)(H,26,29)(H,32,33). The average molecular weight is 475 g/mol. The van der Waals surface area contributed by atoms with Crippen LogP contribution < -0.4 is 33.2 Å². The fraction of sp³-hybridized carbons (Fsp3) is 0.750. The van der Waals surface area contributed by atoms with Crippen LogP contribution in [0.4, 0.5) is 0 Å². The topological polar surface area (TPSA) is 240 Å². The molecular formula is C20H38N6O7. The maximum absolute atomic E-state index is 12.8. The van der Waals surface area contributed by atoms with Gasteiger partial charge in [-0.15, -0.1) is 0 Å². The van der Waals surface area contributed by atoms with Crippen molar-refractivity contribution in [2.24, 2.45) is 23.1 Å². The number of carbonyl (C=O) groups is 5. The number of nitrogens with one attached hydrogen (secondary N) is 3. The highest BCUT2D eigenvalue weighted by atomic mass is 16.4. The number of primary amides is 1. The van der Waals surface area contributed by atoms with Crippen molar-refractivity contribution < 1.29 is 34.2 Å². The third-order valence-electron chi connectivity index (χ3n) is 5.18. The summed E-state index contributed by atoms with van der Waals surface area (Å²) in [7, 11) is 0. The van der Waals surface area contributed by atoms with Crippen molar-refractivity contribution in [3.05, 3.63) is 0 Å². The summed E-state index contributed by atoms with van der Waals surface area (Å²) in [6, 6.07) is -5.10. The number of carbonyl (C=O) groups excluding carboxylic acids is 4. The first-order valence-corrected chi connectivity index (χ1v) is 10.9. The minimum atomic E-state index is -1.48. The number of aliphatic carboxylic acids is 1. The van der Waals surface area contributed by atoms with Crippen molar-refractivity contribution in [1.82, 2.24) is 16.0 Å². The predicted molar refractivity (Wildman–Crippen MR) is 119 cm³/mol. The van der Waals surface area contributed by atoms with Gasteiger partial charge in [0.15, 0.2) is 0 Å². The number of nitrogens with two attached hydrogens (primary N) is 3. The smallest absolute Gasteiger partial charge is 0.326 e. The Hall–Kier alpha value is -2.77. The lowest BCUT2D eigenvalue weighted by Crippen LogP contribution is -2.60. The Morgan fingerprint density at radius 2 is 1.48 bits per heavy atom. The molecule has 0 bridgehead atoms. The first kappa shape index (κ1) is 30.2. The van der Waals surface area contributed by atoms with Crippen LogP contribution in [0.2, 0.25) is 0 Å². The number of carboxylic acids is 1. The van der Waals surface area contributed by atoms with Gasteiger partial charge in [0.25, 0.3) is 0 Å². The molecule has 0 rings (SSSR count). The fourth-order valence-electron chi connectivity index (χ4n) is 2.94. The molecule has 0 aliphatic heterocycles. The van der Waals surface area contributed by atoms with Crippen LogP contribution >= 0.6 is 0 Å². The number of unbranched alkanes of at least 4 members (excludes halogenated alkanes) is 1. The number of carboxylic acid groups (broad SMARTS) is 1. The lowest BCUT2D eigenvalue weighted by Gasteiger charge is -2.27. The highest BCUT2D eigenvalue weighted by Crippen LogP contribution is 2.10. The molecular weight excluding hydrogens is 436 g/mol. The summed E-state index contributed by atoms with van der Waals surface area (Å²) in [5.74, 6) is -4.86. The van der Waals surface area contributed by atoms with Gasteiger partial charge < -0.3 is 43.4 Å². The molecule has 0 heterocycles. The highest BCUT2D eigenvalue weighted by molar-refractivity contribution is 5.95. The van der Waals surface area contributed by atoms with Gasteiger partial charge >= 0.3 is 5.97 Å². The molecule has 33 heavy (non-hydrogen) atoms. The molecule has 6 atom stereocenters. The molecule has 0 spiro atoms. The van der Waals surface area contributed by atoms with Crippen molar-refractivity contribution in [1.29, 1.82) is 0 Å². The van der Waals surface area contributed by atoms with Crippen LogP contribution in [0.25, 0.3) is 0 Å². The molecule has 0 fully saturated rings. The number of hydrogen-bond acceptors (Lipinski definition) is 8. The monoisotopic (exact) mass is 474 g/mol. The second kappa shape index (κ2) is 15.1. The van der Waals surface area contributed by atoms with Gasteiger partial charge in [0.1, 0.15) is 18.1 Å². The van der Waals surface area contributed by atoms with Gasteiger partial charge in [0, 0.05) is 0 Å². The molecule has 0 saturated heterocycles. The molecule has 0 aromatic rings. The van der Waals surface area contributed by atoms with E-state index in [1.54, 1.807) is 13.8 Å². The van der Waals surface area contributed by atoms with Crippen molar-refractivity contribution in [2.75, 3.05) is 6.54 Å². The normalized spacial score (nSPS) is 16.4. The summed E-state index contributed by atoms with van der Waals surface area (Å²) >= 11 is 0.